The average molecular weight is 555 g/mol. The van der Waals surface area contributed by atoms with Crippen LogP contribution in [0.3, 0.4) is 0 Å². The number of nitrogens with one attached hydrogen (secondary N) is 1. The van der Waals surface area contributed by atoms with Crippen molar-refractivity contribution in [3.8, 4) is 16.8 Å². The van der Waals surface area contributed by atoms with Crippen molar-refractivity contribution in [3.05, 3.63) is 88.6 Å². The Bertz CT molecular complexity index is 1810. The van der Waals surface area contributed by atoms with Crippen LogP contribution in [0.25, 0.3) is 38.6 Å². The minimum absolute atomic E-state index is 0.104. The van der Waals surface area contributed by atoms with Crippen molar-refractivity contribution in [1.29, 1.82) is 0 Å². The Morgan fingerprint density at radius 3 is 2.33 bits per heavy atom. The van der Waals surface area contributed by atoms with E-state index in [0.717, 1.165) is 24.5 Å². The molecule has 12 heteroatoms. The number of rotatable bonds is 5. The summed E-state index contributed by atoms with van der Waals surface area (Å²) in [5.41, 5.74) is 0.896. The maximum absolute atomic E-state index is 13.9. The highest BCUT2D eigenvalue weighted by Crippen LogP contribution is 2.40. The SMILES string of the molecule is O=c1c(-c2ccc(C3CC3)cc2)c2nc(NCC(F)(F)F)ncc2cn1-c1ccc2nc(C(F)(F)F)ccc2c1. The van der Waals surface area contributed by atoms with Gasteiger partial charge in [0.25, 0.3) is 5.56 Å². The predicted octanol–water partition coefficient (Wildman–Crippen LogP) is 6.87. The van der Waals surface area contributed by atoms with Crippen LogP contribution < -0.4 is 10.9 Å². The Labute approximate surface area is 222 Å². The second kappa shape index (κ2) is 9.32. The highest BCUT2D eigenvalue weighted by atomic mass is 19.4. The largest absolute Gasteiger partial charge is 0.433 e. The molecule has 1 fully saturated rings. The van der Waals surface area contributed by atoms with Crippen molar-refractivity contribution in [2.75, 3.05) is 11.9 Å². The lowest BCUT2D eigenvalue weighted by Gasteiger charge is -2.14. The maximum Gasteiger partial charge on any atom is 0.433 e. The third-order valence-corrected chi connectivity index (χ3v) is 6.69. The van der Waals surface area contributed by atoms with Crippen LogP contribution in [-0.4, -0.2) is 32.2 Å². The lowest BCUT2D eigenvalue weighted by atomic mass is 10.0. The predicted molar refractivity (Wildman–Crippen MR) is 137 cm³/mol. The zero-order valence-electron chi connectivity index (χ0n) is 20.5. The summed E-state index contributed by atoms with van der Waals surface area (Å²) in [5, 5.41) is 2.91. The molecular weight excluding hydrogens is 536 g/mol. The van der Waals surface area contributed by atoms with Crippen LogP contribution in [-0.2, 0) is 6.18 Å². The van der Waals surface area contributed by atoms with Crippen molar-refractivity contribution in [1.82, 2.24) is 19.5 Å². The number of aromatic nitrogens is 4. The summed E-state index contributed by atoms with van der Waals surface area (Å²) in [6, 6.07) is 13.9. The minimum atomic E-state index is -4.60. The quantitative estimate of drug-likeness (QED) is 0.240. The van der Waals surface area contributed by atoms with E-state index in [-0.39, 0.29) is 22.5 Å². The molecule has 0 saturated heterocycles. The first kappa shape index (κ1) is 25.8. The molecule has 1 N–H and O–H groups in total. The van der Waals surface area contributed by atoms with Gasteiger partial charge in [0.05, 0.1) is 16.6 Å². The number of hydrogen-bond acceptors (Lipinski definition) is 5. The van der Waals surface area contributed by atoms with Crippen molar-refractivity contribution < 1.29 is 26.3 Å². The Morgan fingerprint density at radius 1 is 0.900 bits per heavy atom. The molecule has 0 unspecified atom stereocenters. The first-order valence-electron chi connectivity index (χ1n) is 12.3. The first-order chi connectivity index (χ1) is 19.0. The number of nitrogens with zero attached hydrogens (tertiary/aromatic N) is 4. The molecule has 1 aliphatic rings. The van der Waals surface area contributed by atoms with Gasteiger partial charge in [0.15, 0.2) is 0 Å². The van der Waals surface area contributed by atoms with Crippen molar-refractivity contribution in [2.45, 2.75) is 31.1 Å². The average Bonchev–Trinajstić information content (AvgIpc) is 3.76. The molecule has 6 nitrogen and oxygen atoms in total. The molecule has 0 bridgehead atoms. The minimum Gasteiger partial charge on any atom is -0.345 e. The molecule has 6 rings (SSSR count). The van der Waals surface area contributed by atoms with Gasteiger partial charge in [0.2, 0.25) is 5.95 Å². The van der Waals surface area contributed by atoms with E-state index in [1.165, 1.54) is 41.2 Å². The van der Waals surface area contributed by atoms with Gasteiger partial charge in [0.1, 0.15) is 12.2 Å². The monoisotopic (exact) mass is 555 g/mol. The third-order valence-electron chi connectivity index (χ3n) is 6.69. The fourth-order valence-electron chi connectivity index (χ4n) is 4.58. The van der Waals surface area contributed by atoms with Gasteiger partial charge in [-0.2, -0.15) is 26.3 Å². The molecule has 0 aliphatic heterocycles. The molecule has 3 aromatic heterocycles. The standard InChI is InChI=1S/C28H19F6N5O/c29-27(30,31)14-36-26-35-12-19-13-39(20-8-9-21-18(11-20)7-10-22(37-21)28(32,33)34)25(40)23(24(19)38-26)17-5-3-16(4-6-17)15-1-2-15/h3-13,15H,1-2,14H2,(H,36,38). The number of anilines is 1. The van der Waals surface area contributed by atoms with E-state index < -0.39 is 30.2 Å². The first-order valence-corrected chi connectivity index (χ1v) is 12.3. The zero-order valence-corrected chi connectivity index (χ0v) is 20.5. The third kappa shape index (κ3) is 5.08. The summed E-state index contributed by atoms with van der Waals surface area (Å²) in [7, 11) is 0. The molecule has 204 valence electrons. The smallest absolute Gasteiger partial charge is 0.345 e. The van der Waals surface area contributed by atoms with Gasteiger partial charge in [0, 0.05) is 28.9 Å². The summed E-state index contributed by atoms with van der Waals surface area (Å²) < 4.78 is 78.9. The lowest BCUT2D eigenvalue weighted by molar-refractivity contribution is -0.141. The Balaban J connectivity index is 1.51. The van der Waals surface area contributed by atoms with E-state index in [2.05, 4.69) is 20.3 Å². The molecule has 0 spiro atoms. The molecule has 1 saturated carbocycles. The van der Waals surface area contributed by atoms with Crippen LogP contribution in [0.1, 0.15) is 30.0 Å². The van der Waals surface area contributed by atoms with Gasteiger partial charge in [-0.3, -0.25) is 9.36 Å². The fourth-order valence-corrected chi connectivity index (χ4v) is 4.58. The molecule has 0 amide bonds. The van der Waals surface area contributed by atoms with Crippen LogP contribution in [0.4, 0.5) is 32.3 Å². The van der Waals surface area contributed by atoms with Gasteiger partial charge in [-0.15, -0.1) is 0 Å². The van der Waals surface area contributed by atoms with Crippen LogP contribution in [0.2, 0.25) is 0 Å². The molecule has 3 heterocycles. The molecule has 0 atom stereocenters. The van der Waals surface area contributed by atoms with Gasteiger partial charge in [-0.05, 0) is 54.2 Å². The summed E-state index contributed by atoms with van der Waals surface area (Å²) in [6.07, 6.45) is -4.15. The molecular formula is C28H19F6N5O. The number of hydrogen-bond donors (Lipinski definition) is 1. The Kier molecular flexibility index (Phi) is 6.00. The fraction of sp³-hybridized carbons (Fsp3) is 0.214. The van der Waals surface area contributed by atoms with Crippen molar-refractivity contribution >= 4 is 27.8 Å². The maximum atomic E-state index is 13.9. The van der Waals surface area contributed by atoms with Crippen molar-refractivity contribution in [2.24, 2.45) is 0 Å². The second-order valence-electron chi connectivity index (χ2n) is 9.61. The summed E-state index contributed by atoms with van der Waals surface area (Å²) in [5.74, 6) is 0.192. The zero-order chi connectivity index (χ0) is 28.2. The van der Waals surface area contributed by atoms with Crippen LogP contribution >= 0.6 is 0 Å². The van der Waals surface area contributed by atoms with Gasteiger partial charge >= 0.3 is 12.4 Å². The number of fused-ring (bicyclic) bond motifs is 2. The summed E-state index contributed by atoms with van der Waals surface area (Å²) >= 11 is 0. The summed E-state index contributed by atoms with van der Waals surface area (Å²) in [6.45, 7) is -1.35. The van der Waals surface area contributed by atoms with Crippen LogP contribution in [0.5, 0.6) is 0 Å². The number of benzene rings is 2. The summed E-state index contributed by atoms with van der Waals surface area (Å²) in [4.78, 5) is 25.8. The van der Waals surface area contributed by atoms with Crippen LogP contribution in [0, 0.1) is 0 Å². The molecule has 2 aromatic carbocycles. The number of halogens is 6. The van der Waals surface area contributed by atoms with E-state index >= 15 is 0 Å². The van der Waals surface area contributed by atoms with E-state index in [0.29, 0.717) is 27.9 Å². The molecule has 5 aromatic rings. The molecule has 1 aliphatic carbocycles. The van der Waals surface area contributed by atoms with E-state index in [4.69, 9.17) is 0 Å². The Hall–Kier alpha value is -4.48. The lowest BCUT2D eigenvalue weighted by Crippen LogP contribution is -2.23. The number of pyridine rings is 2. The van der Waals surface area contributed by atoms with Gasteiger partial charge in [-0.1, -0.05) is 30.3 Å². The van der Waals surface area contributed by atoms with Gasteiger partial charge in [-0.25, -0.2) is 15.0 Å². The normalized spacial score (nSPS) is 14.2. The topological polar surface area (TPSA) is 72.7 Å². The Morgan fingerprint density at radius 2 is 1.65 bits per heavy atom. The molecule has 40 heavy (non-hydrogen) atoms. The van der Waals surface area contributed by atoms with Gasteiger partial charge < -0.3 is 5.32 Å². The van der Waals surface area contributed by atoms with Crippen LogP contribution in [0.15, 0.2) is 71.8 Å². The van der Waals surface area contributed by atoms with E-state index in [1.807, 2.05) is 12.1 Å². The highest BCUT2D eigenvalue weighted by Gasteiger charge is 2.32. The highest BCUT2D eigenvalue weighted by molar-refractivity contribution is 5.93. The van der Waals surface area contributed by atoms with E-state index in [1.54, 1.807) is 12.1 Å². The molecule has 0 radical (unpaired) electrons. The van der Waals surface area contributed by atoms with E-state index in [9.17, 15) is 31.1 Å². The second-order valence-corrected chi connectivity index (χ2v) is 9.61. The number of alkyl halides is 6. The van der Waals surface area contributed by atoms with Crippen molar-refractivity contribution in [3.63, 3.8) is 0 Å².